The minimum Gasteiger partial charge on any atom is -0.350 e. The summed E-state index contributed by atoms with van der Waals surface area (Å²) in [5.74, 6) is -0.213. The average molecular weight is 365 g/mol. The molecule has 1 aromatic heterocycles. The van der Waals surface area contributed by atoms with Crippen LogP contribution in [0.25, 0.3) is 11.0 Å². The van der Waals surface area contributed by atoms with Gasteiger partial charge in [0.15, 0.2) is 5.78 Å². The van der Waals surface area contributed by atoms with Gasteiger partial charge in [-0.2, -0.15) is 0 Å². The number of amides is 1. The van der Waals surface area contributed by atoms with Crippen molar-refractivity contribution in [1.29, 1.82) is 0 Å². The number of aryl methyl sites for hydroxylation is 1. The Morgan fingerprint density at radius 3 is 2.41 bits per heavy atom. The van der Waals surface area contributed by atoms with Gasteiger partial charge in [0.1, 0.15) is 0 Å². The molecule has 1 unspecified atom stereocenters. The molecule has 0 spiro atoms. The molecule has 0 aliphatic heterocycles. The monoisotopic (exact) mass is 365 g/mol. The van der Waals surface area contributed by atoms with Crippen LogP contribution in [-0.2, 0) is 11.2 Å². The summed E-state index contributed by atoms with van der Waals surface area (Å²) in [5.41, 5.74) is 3.86. The first-order valence-electron chi connectivity index (χ1n) is 9.09. The van der Waals surface area contributed by atoms with Crippen molar-refractivity contribution in [1.82, 2.24) is 15.3 Å². The summed E-state index contributed by atoms with van der Waals surface area (Å²) in [5, 5.41) is 2.90. The number of nitrogens with one attached hydrogen (secondary N) is 3. The van der Waals surface area contributed by atoms with Gasteiger partial charge in [0, 0.05) is 18.4 Å². The van der Waals surface area contributed by atoms with Crippen LogP contribution in [0.4, 0.5) is 0 Å². The van der Waals surface area contributed by atoms with Crippen molar-refractivity contribution in [2.75, 3.05) is 0 Å². The Labute approximate surface area is 157 Å². The van der Waals surface area contributed by atoms with Gasteiger partial charge in [-0.1, -0.05) is 37.3 Å². The first kappa shape index (κ1) is 18.6. The highest BCUT2D eigenvalue weighted by molar-refractivity contribution is 5.98. The molecule has 0 aliphatic carbocycles. The van der Waals surface area contributed by atoms with Crippen LogP contribution in [0.15, 0.2) is 47.3 Å². The number of fused-ring (bicyclic) bond motifs is 1. The molecular formula is C21H23N3O3. The van der Waals surface area contributed by atoms with Gasteiger partial charge in [0.25, 0.3) is 0 Å². The van der Waals surface area contributed by atoms with Gasteiger partial charge in [-0.05, 0) is 36.6 Å². The van der Waals surface area contributed by atoms with E-state index in [1.807, 2.05) is 43.3 Å². The van der Waals surface area contributed by atoms with Crippen LogP contribution >= 0.6 is 0 Å². The smallest absolute Gasteiger partial charge is 0.323 e. The van der Waals surface area contributed by atoms with Crippen molar-refractivity contribution in [2.45, 2.75) is 39.2 Å². The van der Waals surface area contributed by atoms with Crippen LogP contribution in [0.2, 0.25) is 0 Å². The fourth-order valence-corrected chi connectivity index (χ4v) is 3.01. The van der Waals surface area contributed by atoms with Gasteiger partial charge in [0.05, 0.1) is 17.1 Å². The minimum absolute atomic E-state index is 0.0354. The molecule has 0 radical (unpaired) electrons. The van der Waals surface area contributed by atoms with E-state index in [0.29, 0.717) is 11.1 Å². The minimum atomic E-state index is -0.260. The second kappa shape index (κ2) is 8.03. The summed E-state index contributed by atoms with van der Waals surface area (Å²) in [6.07, 6.45) is 1.24. The summed E-state index contributed by atoms with van der Waals surface area (Å²) in [7, 11) is 0. The molecule has 3 N–H and O–H groups in total. The SMILES string of the molecule is CCc1ccc(C(=O)CCC(=O)NC(C)c2ccc3[nH]c(=O)[nH]c3c2)cc1. The molecule has 6 nitrogen and oxygen atoms in total. The highest BCUT2D eigenvalue weighted by atomic mass is 16.2. The fourth-order valence-electron chi connectivity index (χ4n) is 3.01. The first-order valence-corrected chi connectivity index (χ1v) is 9.09. The summed E-state index contributed by atoms with van der Waals surface area (Å²) < 4.78 is 0. The van der Waals surface area contributed by atoms with Crippen LogP contribution in [0, 0.1) is 0 Å². The second-order valence-electron chi connectivity index (χ2n) is 6.65. The largest absolute Gasteiger partial charge is 0.350 e. The van der Waals surface area contributed by atoms with Crippen molar-refractivity contribution in [3.05, 3.63) is 69.6 Å². The summed E-state index contributed by atoms with van der Waals surface area (Å²) in [6, 6.07) is 12.8. The highest BCUT2D eigenvalue weighted by Gasteiger charge is 2.13. The van der Waals surface area contributed by atoms with E-state index >= 15 is 0 Å². The summed E-state index contributed by atoms with van der Waals surface area (Å²) in [6.45, 7) is 3.93. The number of hydrogen-bond acceptors (Lipinski definition) is 3. The van der Waals surface area contributed by atoms with E-state index in [2.05, 4.69) is 22.2 Å². The Morgan fingerprint density at radius 1 is 1.00 bits per heavy atom. The molecule has 2 aromatic carbocycles. The zero-order valence-electron chi connectivity index (χ0n) is 15.5. The van der Waals surface area contributed by atoms with Crippen molar-refractivity contribution >= 4 is 22.7 Å². The van der Waals surface area contributed by atoms with Gasteiger partial charge in [0.2, 0.25) is 5.91 Å². The number of aromatic amines is 2. The number of imidazole rings is 1. The number of ketones is 1. The Bertz CT molecular complexity index is 1020. The summed E-state index contributed by atoms with van der Waals surface area (Å²) in [4.78, 5) is 41.2. The molecule has 0 saturated heterocycles. The Balaban J connectivity index is 1.55. The van der Waals surface area contributed by atoms with E-state index in [4.69, 9.17) is 0 Å². The Kier molecular flexibility index (Phi) is 5.54. The number of aromatic nitrogens is 2. The lowest BCUT2D eigenvalue weighted by atomic mass is 10.0. The number of H-pyrrole nitrogens is 2. The zero-order chi connectivity index (χ0) is 19.4. The van der Waals surface area contributed by atoms with Crippen LogP contribution in [0.5, 0.6) is 0 Å². The molecule has 140 valence electrons. The van der Waals surface area contributed by atoms with Gasteiger partial charge >= 0.3 is 5.69 Å². The lowest BCUT2D eigenvalue weighted by molar-refractivity contribution is -0.121. The Morgan fingerprint density at radius 2 is 1.70 bits per heavy atom. The van der Waals surface area contributed by atoms with Crippen LogP contribution < -0.4 is 11.0 Å². The van der Waals surface area contributed by atoms with E-state index in [9.17, 15) is 14.4 Å². The van der Waals surface area contributed by atoms with Gasteiger partial charge in [-0.25, -0.2) is 4.79 Å². The average Bonchev–Trinajstić information content (AvgIpc) is 3.05. The predicted molar refractivity (Wildman–Crippen MR) is 105 cm³/mol. The number of carbonyl (C=O) groups excluding carboxylic acids is 2. The third kappa shape index (κ3) is 4.53. The summed E-state index contributed by atoms with van der Waals surface area (Å²) >= 11 is 0. The topological polar surface area (TPSA) is 94.8 Å². The Hall–Kier alpha value is -3.15. The first-order chi connectivity index (χ1) is 13.0. The molecule has 0 saturated carbocycles. The molecule has 0 aliphatic rings. The number of benzene rings is 2. The second-order valence-corrected chi connectivity index (χ2v) is 6.65. The number of rotatable bonds is 7. The quantitative estimate of drug-likeness (QED) is 0.561. The fraction of sp³-hybridized carbons (Fsp3) is 0.286. The highest BCUT2D eigenvalue weighted by Crippen LogP contribution is 2.17. The van der Waals surface area contributed by atoms with E-state index in [0.717, 1.165) is 17.5 Å². The van der Waals surface area contributed by atoms with E-state index in [1.165, 1.54) is 5.56 Å². The molecule has 3 aromatic rings. The zero-order valence-corrected chi connectivity index (χ0v) is 15.5. The van der Waals surface area contributed by atoms with Gasteiger partial charge in [-0.15, -0.1) is 0 Å². The number of carbonyl (C=O) groups is 2. The molecule has 1 atom stereocenters. The maximum absolute atomic E-state index is 12.2. The standard InChI is InChI=1S/C21H23N3O3/c1-3-14-4-6-15(7-5-14)19(25)10-11-20(26)22-13(2)16-8-9-17-18(12-16)24-21(27)23-17/h4-9,12-13H,3,10-11H2,1-2H3,(H,22,26)(H2,23,24,27). The maximum Gasteiger partial charge on any atom is 0.323 e. The van der Waals surface area contributed by atoms with Crippen LogP contribution in [0.1, 0.15) is 54.2 Å². The third-order valence-corrected chi connectivity index (χ3v) is 4.68. The van der Waals surface area contributed by atoms with Crippen LogP contribution in [0.3, 0.4) is 0 Å². The van der Waals surface area contributed by atoms with E-state index in [1.54, 1.807) is 6.07 Å². The van der Waals surface area contributed by atoms with Crippen molar-refractivity contribution < 1.29 is 9.59 Å². The van der Waals surface area contributed by atoms with Gasteiger partial charge in [-0.3, -0.25) is 9.59 Å². The normalized spacial score (nSPS) is 12.1. The molecule has 1 amide bonds. The van der Waals surface area contributed by atoms with Crippen molar-refractivity contribution in [3.8, 4) is 0 Å². The van der Waals surface area contributed by atoms with Crippen molar-refractivity contribution in [2.24, 2.45) is 0 Å². The third-order valence-electron chi connectivity index (χ3n) is 4.68. The van der Waals surface area contributed by atoms with E-state index < -0.39 is 0 Å². The molecular weight excluding hydrogens is 342 g/mol. The molecule has 0 fully saturated rings. The molecule has 27 heavy (non-hydrogen) atoms. The maximum atomic E-state index is 12.2. The lowest BCUT2D eigenvalue weighted by Gasteiger charge is -2.14. The molecule has 1 heterocycles. The number of hydrogen-bond donors (Lipinski definition) is 3. The van der Waals surface area contributed by atoms with Crippen LogP contribution in [-0.4, -0.2) is 21.7 Å². The molecule has 6 heteroatoms. The lowest BCUT2D eigenvalue weighted by Crippen LogP contribution is -2.27. The van der Waals surface area contributed by atoms with Gasteiger partial charge < -0.3 is 15.3 Å². The molecule has 3 rings (SSSR count). The number of Topliss-reactive ketones (excluding diaryl/α,β-unsaturated/α-hetero) is 1. The van der Waals surface area contributed by atoms with E-state index in [-0.39, 0.29) is 36.3 Å². The predicted octanol–water partition coefficient (Wildman–Crippen LogP) is 3.26. The van der Waals surface area contributed by atoms with Crippen molar-refractivity contribution in [3.63, 3.8) is 0 Å². The molecule has 0 bridgehead atoms.